The Bertz CT molecular complexity index is 112. The molecule has 0 amide bonds. The minimum Gasteiger partial charge on any atom is -0.356 e. The van der Waals surface area contributed by atoms with Crippen LogP contribution in [0.15, 0.2) is 4.99 Å². The van der Waals surface area contributed by atoms with Crippen LogP contribution < -0.4 is 0 Å². The molecular weight excluding hydrogens is 106 g/mol. The Labute approximate surface area is 47.4 Å². The van der Waals surface area contributed by atoms with Crippen LogP contribution in [0.2, 0.25) is 0 Å². The zero-order valence-corrected chi connectivity index (χ0v) is 4.46. The van der Waals surface area contributed by atoms with Gasteiger partial charge in [0.15, 0.2) is 6.23 Å². The van der Waals surface area contributed by atoms with Gasteiger partial charge in [-0.2, -0.15) is 4.99 Å². The first-order chi connectivity index (χ1) is 3.93. The average Bonchev–Trinajstić information content (AvgIpc) is 2.19. The quantitative estimate of drug-likeness (QED) is 0.366. The summed E-state index contributed by atoms with van der Waals surface area (Å²) in [6, 6.07) is 0. The third kappa shape index (κ3) is 1.15. The standard InChI is InChI=1S/C5H7NO2/c7-4-6-5-2-1-3-8-5/h5H,1-3H2. The van der Waals surface area contributed by atoms with E-state index in [1.165, 1.54) is 6.08 Å². The Morgan fingerprint density at radius 1 is 1.75 bits per heavy atom. The second-order valence-electron chi connectivity index (χ2n) is 1.69. The second kappa shape index (κ2) is 2.60. The second-order valence-corrected chi connectivity index (χ2v) is 1.69. The summed E-state index contributed by atoms with van der Waals surface area (Å²) in [4.78, 5) is 13.0. The number of aliphatic imine (C=N–C) groups is 1. The molecule has 0 spiro atoms. The molecule has 3 heteroatoms. The SMILES string of the molecule is O=C=NC1CCCO1. The minimum atomic E-state index is -0.188. The average molecular weight is 113 g/mol. The van der Waals surface area contributed by atoms with E-state index in [0.717, 1.165) is 19.4 Å². The van der Waals surface area contributed by atoms with Gasteiger partial charge in [-0.3, -0.25) is 0 Å². The largest absolute Gasteiger partial charge is 0.356 e. The summed E-state index contributed by atoms with van der Waals surface area (Å²) in [5.74, 6) is 0. The molecule has 8 heavy (non-hydrogen) atoms. The monoisotopic (exact) mass is 113 g/mol. The van der Waals surface area contributed by atoms with Crippen molar-refractivity contribution in [2.75, 3.05) is 6.61 Å². The molecule has 1 rings (SSSR count). The maximum Gasteiger partial charge on any atom is 0.237 e. The van der Waals surface area contributed by atoms with E-state index in [1.807, 2.05) is 0 Å². The molecule has 44 valence electrons. The molecule has 1 atom stereocenters. The van der Waals surface area contributed by atoms with Crippen molar-refractivity contribution < 1.29 is 9.53 Å². The molecular formula is C5H7NO2. The van der Waals surface area contributed by atoms with E-state index in [0.29, 0.717) is 0 Å². The lowest BCUT2D eigenvalue weighted by Crippen LogP contribution is -1.98. The van der Waals surface area contributed by atoms with Gasteiger partial charge in [-0.05, 0) is 12.8 Å². The molecule has 0 N–H and O–H groups in total. The van der Waals surface area contributed by atoms with Crippen molar-refractivity contribution in [1.29, 1.82) is 0 Å². The van der Waals surface area contributed by atoms with Crippen molar-refractivity contribution in [2.45, 2.75) is 19.1 Å². The Balaban J connectivity index is 2.35. The fourth-order valence-corrected chi connectivity index (χ4v) is 0.721. The van der Waals surface area contributed by atoms with E-state index in [2.05, 4.69) is 4.99 Å². The van der Waals surface area contributed by atoms with Crippen LogP contribution in [0.3, 0.4) is 0 Å². The third-order valence-corrected chi connectivity index (χ3v) is 1.10. The Morgan fingerprint density at radius 3 is 3.12 bits per heavy atom. The first kappa shape index (κ1) is 5.48. The fourth-order valence-electron chi connectivity index (χ4n) is 0.721. The van der Waals surface area contributed by atoms with Crippen molar-refractivity contribution in [3.8, 4) is 0 Å². The summed E-state index contributed by atoms with van der Waals surface area (Å²) >= 11 is 0. The number of carbonyl (C=O) groups excluding carboxylic acids is 1. The van der Waals surface area contributed by atoms with Gasteiger partial charge < -0.3 is 4.74 Å². The highest BCUT2D eigenvalue weighted by molar-refractivity contribution is 5.33. The number of hydrogen-bond acceptors (Lipinski definition) is 3. The van der Waals surface area contributed by atoms with Gasteiger partial charge in [0.25, 0.3) is 0 Å². The lowest BCUT2D eigenvalue weighted by molar-refractivity contribution is 0.118. The van der Waals surface area contributed by atoms with Crippen LogP contribution in [0.25, 0.3) is 0 Å². The van der Waals surface area contributed by atoms with Gasteiger partial charge in [0.05, 0.1) is 0 Å². The van der Waals surface area contributed by atoms with Gasteiger partial charge in [-0.15, -0.1) is 0 Å². The molecule has 0 saturated carbocycles. The van der Waals surface area contributed by atoms with E-state index in [-0.39, 0.29) is 6.23 Å². The topological polar surface area (TPSA) is 38.7 Å². The van der Waals surface area contributed by atoms with Gasteiger partial charge in [0.1, 0.15) is 0 Å². The van der Waals surface area contributed by atoms with E-state index in [1.54, 1.807) is 0 Å². The third-order valence-electron chi connectivity index (χ3n) is 1.10. The molecule has 0 aliphatic carbocycles. The number of hydrogen-bond donors (Lipinski definition) is 0. The normalized spacial score (nSPS) is 27.2. The zero-order valence-electron chi connectivity index (χ0n) is 4.46. The number of rotatable bonds is 1. The maximum absolute atomic E-state index is 9.59. The van der Waals surface area contributed by atoms with Gasteiger partial charge in [0.2, 0.25) is 6.08 Å². The van der Waals surface area contributed by atoms with Crippen molar-refractivity contribution in [1.82, 2.24) is 0 Å². The van der Waals surface area contributed by atoms with Crippen LogP contribution >= 0.6 is 0 Å². The summed E-state index contributed by atoms with van der Waals surface area (Å²) in [6.07, 6.45) is 3.15. The van der Waals surface area contributed by atoms with Crippen LogP contribution in [-0.4, -0.2) is 18.9 Å². The Kier molecular flexibility index (Phi) is 1.78. The highest BCUT2D eigenvalue weighted by Crippen LogP contribution is 2.11. The van der Waals surface area contributed by atoms with E-state index >= 15 is 0 Å². The first-order valence-corrected chi connectivity index (χ1v) is 2.62. The van der Waals surface area contributed by atoms with E-state index in [4.69, 9.17) is 4.74 Å². The van der Waals surface area contributed by atoms with Crippen molar-refractivity contribution in [2.24, 2.45) is 4.99 Å². The van der Waals surface area contributed by atoms with E-state index < -0.39 is 0 Å². The van der Waals surface area contributed by atoms with Crippen LogP contribution in [-0.2, 0) is 9.53 Å². The van der Waals surface area contributed by atoms with Crippen molar-refractivity contribution >= 4 is 6.08 Å². The summed E-state index contributed by atoms with van der Waals surface area (Å²) in [5.41, 5.74) is 0. The minimum absolute atomic E-state index is 0.188. The van der Waals surface area contributed by atoms with Gasteiger partial charge in [-0.1, -0.05) is 0 Å². The van der Waals surface area contributed by atoms with Crippen LogP contribution in [0.5, 0.6) is 0 Å². The van der Waals surface area contributed by atoms with Gasteiger partial charge >= 0.3 is 0 Å². The Morgan fingerprint density at radius 2 is 2.62 bits per heavy atom. The molecule has 3 nitrogen and oxygen atoms in total. The van der Waals surface area contributed by atoms with Crippen LogP contribution in [0.4, 0.5) is 0 Å². The molecule has 1 unspecified atom stereocenters. The zero-order chi connectivity index (χ0) is 5.82. The summed E-state index contributed by atoms with van der Waals surface area (Å²) in [7, 11) is 0. The lowest BCUT2D eigenvalue weighted by atomic mass is 10.3. The van der Waals surface area contributed by atoms with Crippen molar-refractivity contribution in [3.63, 3.8) is 0 Å². The lowest BCUT2D eigenvalue weighted by Gasteiger charge is -1.94. The number of isocyanates is 1. The fraction of sp³-hybridized carbons (Fsp3) is 0.800. The van der Waals surface area contributed by atoms with Crippen LogP contribution in [0, 0.1) is 0 Å². The molecule has 0 bridgehead atoms. The van der Waals surface area contributed by atoms with Gasteiger partial charge in [-0.25, -0.2) is 4.79 Å². The van der Waals surface area contributed by atoms with Crippen molar-refractivity contribution in [3.05, 3.63) is 0 Å². The predicted octanol–water partition coefficient (Wildman–Crippen LogP) is 0.459. The highest BCUT2D eigenvalue weighted by Gasteiger charge is 2.12. The molecule has 1 fully saturated rings. The van der Waals surface area contributed by atoms with E-state index in [9.17, 15) is 4.79 Å². The Hall–Kier alpha value is -0.660. The first-order valence-electron chi connectivity index (χ1n) is 2.62. The molecule has 0 aromatic heterocycles. The molecule has 1 aliphatic rings. The van der Waals surface area contributed by atoms with Crippen LogP contribution in [0.1, 0.15) is 12.8 Å². The predicted molar refractivity (Wildman–Crippen MR) is 27.1 cm³/mol. The number of ether oxygens (including phenoxy) is 1. The summed E-state index contributed by atoms with van der Waals surface area (Å²) in [5, 5.41) is 0. The molecule has 0 aromatic rings. The maximum atomic E-state index is 9.59. The molecule has 1 aliphatic heterocycles. The number of nitrogens with zero attached hydrogens (tertiary/aromatic N) is 1. The summed E-state index contributed by atoms with van der Waals surface area (Å²) in [6.45, 7) is 0.732. The molecule has 0 radical (unpaired) electrons. The van der Waals surface area contributed by atoms with Gasteiger partial charge in [0, 0.05) is 6.61 Å². The molecule has 1 heterocycles. The summed E-state index contributed by atoms with van der Waals surface area (Å²) < 4.78 is 4.96. The molecule has 1 saturated heterocycles. The smallest absolute Gasteiger partial charge is 0.237 e. The highest BCUT2D eigenvalue weighted by atomic mass is 16.5. The molecule has 0 aromatic carbocycles.